The molecule has 0 aliphatic carbocycles. The third kappa shape index (κ3) is 3.03. The van der Waals surface area contributed by atoms with Crippen molar-refractivity contribution in [3.63, 3.8) is 0 Å². The summed E-state index contributed by atoms with van der Waals surface area (Å²) in [5.74, 6) is -0.273. The fourth-order valence-electron chi connectivity index (χ4n) is 1.97. The van der Waals surface area contributed by atoms with Crippen molar-refractivity contribution in [3.8, 4) is 11.3 Å². The van der Waals surface area contributed by atoms with Gasteiger partial charge in [0.2, 0.25) is 0 Å². The van der Waals surface area contributed by atoms with Crippen LogP contribution in [0.1, 0.15) is 16.1 Å². The molecule has 2 aromatic heterocycles. The van der Waals surface area contributed by atoms with Gasteiger partial charge >= 0.3 is 0 Å². The van der Waals surface area contributed by atoms with Crippen molar-refractivity contribution < 1.29 is 13.7 Å². The third-order valence-corrected chi connectivity index (χ3v) is 3.08. The molecule has 0 saturated carbocycles. The number of nitrogens with zero attached hydrogens (tertiary/aromatic N) is 3. The zero-order valence-corrected chi connectivity index (χ0v) is 11.8. The predicted molar refractivity (Wildman–Crippen MR) is 76.3 cm³/mol. The maximum Gasteiger partial charge on any atom is 0.273 e. The van der Waals surface area contributed by atoms with Crippen LogP contribution in [-0.4, -0.2) is 20.8 Å². The van der Waals surface area contributed by atoms with Gasteiger partial charge in [-0.1, -0.05) is 5.16 Å². The van der Waals surface area contributed by atoms with Crippen molar-refractivity contribution in [2.45, 2.75) is 6.54 Å². The summed E-state index contributed by atoms with van der Waals surface area (Å²) in [6.07, 6.45) is 3.49. The molecule has 0 aliphatic heterocycles. The summed E-state index contributed by atoms with van der Waals surface area (Å²) in [5.41, 5.74) is 1.71. The maximum atomic E-state index is 12.9. The van der Waals surface area contributed by atoms with Crippen LogP contribution in [0.2, 0.25) is 0 Å². The Balaban J connectivity index is 1.67. The molecule has 0 unspecified atom stereocenters. The van der Waals surface area contributed by atoms with E-state index in [2.05, 4.69) is 15.6 Å². The first-order valence-electron chi connectivity index (χ1n) is 6.60. The molecule has 0 atom stereocenters. The molecule has 0 radical (unpaired) electrons. The first-order chi connectivity index (χ1) is 10.6. The Morgan fingerprint density at radius 2 is 2.14 bits per heavy atom. The van der Waals surface area contributed by atoms with Gasteiger partial charge in [0, 0.05) is 37.0 Å². The number of aromatic nitrogens is 3. The molecule has 0 aliphatic rings. The van der Waals surface area contributed by atoms with Crippen LogP contribution in [0.15, 0.2) is 47.2 Å². The number of carbonyl (C=O) groups excluding carboxylic acids is 1. The lowest BCUT2D eigenvalue weighted by molar-refractivity contribution is 0.0942. The van der Waals surface area contributed by atoms with Crippen LogP contribution in [0.4, 0.5) is 4.39 Å². The Bertz CT molecular complexity index is 792. The van der Waals surface area contributed by atoms with Crippen LogP contribution in [-0.2, 0) is 13.6 Å². The van der Waals surface area contributed by atoms with E-state index >= 15 is 0 Å². The summed E-state index contributed by atoms with van der Waals surface area (Å²) >= 11 is 0. The molecule has 0 saturated heterocycles. The Morgan fingerprint density at radius 3 is 2.82 bits per heavy atom. The molecule has 1 amide bonds. The molecule has 22 heavy (non-hydrogen) atoms. The average molecular weight is 300 g/mol. The van der Waals surface area contributed by atoms with Gasteiger partial charge in [0.1, 0.15) is 5.82 Å². The van der Waals surface area contributed by atoms with Crippen molar-refractivity contribution in [2.75, 3.05) is 0 Å². The largest absolute Gasteiger partial charge is 0.355 e. The van der Waals surface area contributed by atoms with Crippen LogP contribution >= 0.6 is 0 Å². The number of rotatable bonds is 4. The normalized spacial score (nSPS) is 10.6. The number of benzene rings is 1. The molecule has 1 N–H and O–H groups in total. The minimum absolute atomic E-state index is 0.170. The lowest BCUT2D eigenvalue weighted by Crippen LogP contribution is -2.22. The van der Waals surface area contributed by atoms with Gasteiger partial charge < -0.3 is 9.84 Å². The van der Waals surface area contributed by atoms with Gasteiger partial charge in [-0.05, 0) is 24.3 Å². The Morgan fingerprint density at radius 1 is 1.36 bits per heavy atom. The second-order valence-electron chi connectivity index (χ2n) is 4.79. The van der Waals surface area contributed by atoms with Gasteiger partial charge in [-0.2, -0.15) is 5.10 Å². The molecule has 6 nitrogen and oxygen atoms in total. The number of nitrogens with one attached hydrogen (secondary N) is 1. The summed E-state index contributed by atoms with van der Waals surface area (Å²) < 4.78 is 19.7. The van der Waals surface area contributed by atoms with Crippen molar-refractivity contribution in [1.29, 1.82) is 0 Å². The monoisotopic (exact) mass is 300 g/mol. The van der Waals surface area contributed by atoms with E-state index in [9.17, 15) is 9.18 Å². The lowest BCUT2D eigenvalue weighted by Gasteiger charge is -1.99. The highest BCUT2D eigenvalue weighted by Gasteiger charge is 2.13. The smallest absolute Gasteiger partial charge is 0.273 e. The predicted octanol–water partition coefficient (Wildman–Crippen LogP) is 2.14. The SMILES string of the molecule is Cn1cc(CNC(=O)c2cc(-c3ccc(F)cc3)on2)cn1. The summed E-state index contributed by atoms with van der Waals surface area (Å²) in [7, 11) is 1.80. The van der Waals surface area contributed by atoms with E-state index in [1.165, 1.54) is 18.2 Å². The molecule has 0 bridgehead atoms. The van der Waals surface area contributed by atoms with Crippen LogP contribution in [0.3, 0.4) is 0 Å². The quantitative estimate of drug-likeness (QED) is 0.801. The number of halogens is 1. The second-order valence-corrected chi connectivity index (χ2v) is 4.79. The van der Waals surface area contributed by atoms with Crippen molar-refractivity contribution >= 4 is 5.91 Å². The number of hydrogen-bond acceptors (Lipinski definition) is 4. The van der Waals surface area contributed by atoms with E-state index in [1.807, 2.05) is 6.20 Å². The molecular weight excluding hydrogens is 287 g/mol. The van der Waals surface area contributed by atoms with Crippen molar-refractivity contribution in [2.24, 2.45) is 7.05 Å². The van der Waals surface area contributed by atoms with E-state index < -0.39 is 0 Å². The molecule has 7 heteroatoms. The van der Waals surface area contributed by atoms with Gasteiger partial charge in [-0.25, -0.2) is 4.39 Å². The summed E-state index contributed by atoms with van der Waals surface area (Å²) in [5, 5.41) is 10.5. The van der Waals surface area contributed by atoms with Gasteiger partial charge in [0.15, 0.2) is 11.5 Å². The molecule has 0 spiro atoms. The maximum absolute atomic E-state index is 12.9. The molecule has 1 aromatic carbocycles. The third-order valence-electron chi connectivity index (χ3n) is 3.08. The highest BCUT2D eigenvalue weighted by molar-refractivity contribution is 5.93. The molecule has 112 valence electrons. The van der Waals surface area contributed by atoms with Crippen LogP contribution in [0.25, 0.3) is 11.3 Å². The van der Waals surface area contributed by atoms with Crippen molar-refractivity contribution in [3.05, 3.63) is 59.8 Å². The first-order valence-corrected chi connectivity index (χ1v) is 6.60. The molecular formula is C15H13FN4O2. The molecule has 3 rings (SSSR count). The standard InChI is InChI=1S/C15H13FN4O2/c1-20-9-10(8-18-20)7-17-15(21)13-6-14(22-19-13)11-2-4-12(16)5-3-11/h2-6,8-9H,7H2,1H3,(H,17,21). The zero-order chi connectivity index (χ0) is 15.5. The Hall–Kier alpha value is -2.96. The number of hydrogen-bond donors (Lipinski definition) is 1. The number of carbonyl (C=O) groups is 1. The van der Waals surface area contributed by atoms with E-state index in [0.29, 0.717) is 17.9 Å². The topological polar surface area (TPSA) is 73.0 Å². The first kappa shape index (κ1) is 14.0. The highest BCUT2D eigenvalue weighted by Crippen LogP contribution is 2.20. The summed E-state index contributed by atoms with van der Waals surface area (Å²) in [6.45, 7) is 0.353. The van der Waals surface area contributed by atoms with Crippen molar-refractivity contribution in [1.82, 2.24) is 20.3 Å². The Kier molecular flexibility index (Phi) is 3.69. The van der Waals surface area contributed by atoms with Gasteiger partial charge in [0.05, 0.1) is 6.20 Å². The minimum Gasteiger partial charge on any atom is -0.355 e. The molecule has 0 fully saturated rings. The Labute approximate surface area is 125 Å². The van der Waals surface area contributed by atoms with E-state index in [1.54, 1.807) is 30.1 Å². The number of amides is 1. The van der Waals surface area contributed by atoms with Crippen LogP contribution < -0.4 is 5.32 Å². The lowest BCUT2D eigenvalue weighted by atomic mass is 10.1. The zero-order valence-electron chi connectivity index (χ0n) is 11.8. The highest BCUT2D eigenvalue weighted by atomic mass is 19.1. The average Bonchev–Trinajstić information content (AvgIpc) is 3.15. The molecule has 3 aromatic rings. The number of aryl methyl sites for hydroxylation is 1. The summed E-state index contributed by atoms with van der Waals surface area (Å²) in [6, 6.07) is 7.28. The fourth-order valence-corrected chi connectivity index (χ4v) is 1.97. The van der Waals surface area contributed by atoms with E-state index in [-0.39, 0.29) is 17.4 Å². The van der Waals surface area contributed by atoms with Crippen LogP contribution in [0, 0.1) is 5.82 Å². The minimum atomic E-state index is -0.346. The van der Waals surface area contributed by atoms with E-state index in [0.717, 1.165) is 5.56 Å². The summed E-state index contributed by atoms with van der Waals surface area (Å²) in [4.78, 5) is 12.0. The van der Waals surface area contributed by atoms with Crippen LogP contribution in [0.5, 0.6) is 0 Å². The van der Waals surface area contributed by atoms with Gasteiger partial charge in [0.25, 0.3) is 5.91 Å². The fraction of sp³-hybridized carbons (Fsp3) is 0.133. The van der Waals surface area contributed by atoms with E-state index in [4.69, 9.17) is 4.52 Å². The van der Waals surface area contributed by atoms with Gasteiger partial charge in [-0.15, -0.1) is 0 Å². The van der Waals surface area contributed by atoms with Gasteiger partial charge in [-0.3, -0.25) is 9.48 Å². The second kappa shape index (κ2) is 5.80. The molecule has 2 heterocycles.